The first-order valence-electron chi connectivity index (χ1n) is 5.77. The molecule has 1 aromatic rings. The number of ether oxygens (including phenoxy) is 2. The van der Waals surface area contributed by atoms with Crippen molar-refractivity contribution in [2.45, 2.75) is 12.8 Å². The monoisotopic (exact) mass is 302 g/mol. The van der Waals surface area contributed by atoms with Crippen LogP contribution < -0.4 is 4.74 Å². The number of rotatable bonds is 4. The highest BCUT2D eigenvalue weighted by atomic mass is 79.9. The molecule has 2 nitrogen and oxygen atoms in total. The molecule has 1 heterocycles. The van der Waals surface area contributed by atoms with Crippen molar-refractivity contribution in [3.8, 4) is 5.75 Å². The average Bonchev–Trinajstić information content (AvgIpc) is 2.39. The second-order valence-corrected chi connectivity index (χ2v) is 5.03. The minimum Gasteiger partial charge on any atom is -0.490 e. The van der Waals surface area contributed by atoms with Gasteiger partial charge in [-0.1, -0.05) is 28.1 Å². The molecule has 1 aliphatic rings. The molecule has 0 atom stereocenters. The van der Waals surface area contributed by atoms with Gasteiger partial charge in [0.25, 0.3) is 0 Å². The third kappa shape index (κ3) is 3.19. The number of halogens is 2. The molecule has 0 aliphatic carbocycles. The first-order chi connectivity index (χ1) is 8.26. The zero-order valence-electron chi connectivity index (χ0n) is 9.62. The molecule has 1 fully saturated rings. The Balaban J connectivity index is 1.98. The van der Waals surface area contributed by atoms with Gasteiger partial charge in [-0.15, -0.1) is 0 Å². The summed E-state index contributed by atoms with van der Waals surface area (Å²) in [6, 6.07) is 6.52. The average molecular weight is 303 g/mol. The molecule has 1 aromatic carbocycles. The summed E-state index contributed by atoms with van der Waals surface area (Å²) in [6.45, 7) is 2.04. The predicted molar refractivity (Wildman–Crippen MR) is 68.2 cm³/mol. The van der Waals surface area contributed by atoms with Crippen molar-refractivity contribution in [3.63, 3.8) is 0 Å². The quantitative estimate of drug-likeness (QED) is 0.794. The SMILES string of the molecule is Fc1ccccc1OCC1(CBr)CCOCC1. The van der Waals surface area contributed by atoms with E-state index in [2.05, 4.69) is 15.9 Å². The zero-order chi connectivity index (χ0) is 12.1. The maximum absolute atomic E-state index is 13.4. The van der Waals surface area contributed by atoms with Crippen molar-refractivity contribution in [2.75, 3.05) is 25.2 Å². The largest absolute Gasteiger partial charge is 0.490 e. The molecule has 0 unspecified atom stereocenters. The van der Waals surface area contributed by atoms with Crippen molar-refractivity contribution in [3.05, 3.63) is 30.1 Å². The molecule has 1 saturated heterocycles. The van der Waals surface area contributed by atoms with Gasteiger partial charge in [0.05, 0.1) is 6.61 Å². The Morgan fingerprint density at radius 1 is 1.29 bits per heavy atom. The van der Waals surface area contributed by atoms with Crippen LogP contribution in [0.3, 0.4) is 0 Å². The second-order valence-electron chi connectivity index (χ2n) is 4.47. The Morgan fingerprint density at radius 3 is 2.65 bits per heavy atom. The molecule has 0 N–H and O–H groups in total. The molecule has 17 heavy (non-hydrogen) atoms. The summed E-state index contributed by atoms with van der Waals surface area (Å²) in [6.07, 6.45) is 1.90. The van der Waals surface area contributed by atoms with E-state index in [1.165, 1.54) is 6.07 Å². The van der Waals surface area contributed by atoms with Gasteiger partial charge in [-0.05, 0) is 25.0 Å². The molecule has 0 bridgehead atoms. The summed E-state index contributed by atoms with van der Waals surface area (Å²) in [5, 5.41) is 0.859. The number of benzene rings is 1. The van der Waals surface area contributed by atoms with Crippen molar-refractivity contribution in [1.82, 2.24) is 0 Å². The van der Waals surface area contributed by atoms with Gasteiger partial charge in [0, 0.05) is 24.0 Å². The van der Waals surface area contributed by atoms with E-state index in [0.29, 0.717) is 12.4 Å². The van der Waals surface area contributed by atoms with E-state index in [1.54, 1.807) is 18.2 Å². The van der Waals surface area contributed by atoms with Gasteiger partial charge in [0.1, 0.15) is 0 Å². The van der Waals surface area contributed by atoms with Gasteiger partial charge in [0.15, 0.2) is 11.6 Å². The third-order valence-corrected chi connectivity index (χ3v) is 4.40. The molecule has 0 radical (unpaired) electrons. The zero-order valence-corrected chi connectivity index (χ0v) is 11.2. The van der Waals surface area contributed by atoms with Crippen LogP contribution in [0.1, 0.15) is 12.8 Å². The topological polar surface area (TPSA) is 18.5 Å². The lowest BCUT2D eigenvalue weighted by molar-refractivity contribution is 0.00290. The standard InChI is InChI=1S/C13H16BrFO2/c14-9-13(5-7-16-8-6-13)10-17-12-4-2-1-3-11(12)15/h1-4H,5-10H2. The first-order valence-corrected chi connectivity index (χ1v) is 6.89. The molecule has 1 aliphatic heterocycles. The molecule has 0 amide bonds. The number of alkyl halides is 1. The summed E-state index contributed by atoms with van der Waals surface area (Å²) >= 11 is 3.53. The summed E-state index contributed by atoms with van der Waals surface area (Å²) in [7, 11) is 0. The maximum Gasteiger partial charge on any atom is 0.165 e. The van der Waals surface area contributed by atoms with Gasteiger partial charge in [0.2, 0.25) is 0 Å². The second kappa shape index (κ2) is 5.83. The van der Waals surface area contributed by atoms with Crippen LogP contribution in [0.2, 0.25) is 0 Å². The van der Waals surface area contributed by atoms with Crippen molar-refractivity contribution >= 4 is 15.9 Å². The van der Waals surface area contributed by atoms with Crippen molar-refractivity contribution in [1.29, 1.82) is 0 Å². The minimum absolute atomic E-state index is 0.0700. The summed E-state index contributed by atoms with van der Waals surface area (Å²) < 4.78 is 24.4. The van der Waals surface area contributed by atoms with Crippen LogP contribution in [0.4, 0.5) is 4.39 Å². The number of hydrogen-bond donors (Lipinski definition) is 0. The molecule has 2 rings (SSSR count). The highest BCUT2D eigenvalue weighted by molar-refractivity contribution is 9.09. The summed E-state index contributed by atoms with van der Waals surface area (Å²) in [5.41, 5.74) is 0.0700. The number of hydrogen-bond acceptors (Lipinski definition) is 2. The molecular weight excluding hydrogens is 287 g/mol. The van der Waals surface area contributed by atoms with Crippen molar-refractivity contribution in [2.24, 2.45) is 5.41 Å². The highest BCUT2D eigenvalue weighted by Crippen LogP contribution is 2.33. The molecular formula is C13H16BrFO2. The highest BCUT2D eigenvalue weighted by Gasteiger charge is 2.32. The normalized spacial score (nSPS) is 18.9. The summed E-state index contributed by atoms with van der Waals surface area (Å²) in [4.78, 5) is 0. The van der Waals surface area contributed by atoms with Crippen LogP contribution in [0.5, 0.6) is 5.75 Å². The van der Waals surface area contributed by atoms with Gasteiger partial charge >= 0.3 is 0 Å². The van der Waals surface area contributed by atoms with Crippen LogP contribution in [0.25, 0.3) is 0 Å². The lowest BCUT2D eigenvalue weighted by Gasteiger charge is -2.35. The Bertz CT molecular complexity index is 364. The molecule has 0 spiro atoms. The van der Waals surface area contributed by atoms with Crippen LogP contribution >= 0.6 is 15.9 Å². The van der Waals surface area contributed by atoms with Crippen molar-refractivity contribution < 1.29 is 13.9 Å². The van der Waals surface area contributed by atoms with Crippen LogP contribution in [0.15, 0.2) is 24.3 Å². The Hall–Kier alpha value is -0.610. The third-order valence-electron chi connectivity index (χ3n) is 3.21. The van der Waals surface area contributed by atoms with E-state index >= 15 is 0 Å². The molecule has 94 valence electrons. The van der Waals surface area contributed by atoms with Gasteiger partial charge in [-0.3, -0.25) is 0 Å². The smallest absolute Gasteiger partial charge is 0.165 e. The Labute approximate surface area is 109 Å². The van der Waals surface area contributed by atoms with Gasteiger partial charge in [-0.2, -0.15) is 0 Å². The molecule has 0 saturated carbocycles. The van der Waals surface area contributed by atoms with E-state index in [9.17, 15) is 4.39 Å². The van der Waals surface area contributed by atoms with Gasteiger partial charge in [-0.25, -0.2) is 4.39 Å². The van der Waals surface area contributed by atoms with E-state index < -0.39 is 0 Å². The van der Waals surface area contributed by atoms with E-state index in [1.807, 2.05) is 0 Å². The fourth-order valence-electron chi connectivity index (χ4n) is 1.91. The predicted octanol–water partition coefficient (Wildman–Crippen LogP) is 3.40. The van der Waals surface area contributed by atoms with Crippen LogP contribution in [-0.4, -0.2) is 25.2 Å². The van der Waals surface area contributed by atoms with Crippen LogP contribution in [-0.2, 0) is 4.74 Å². The minimum atomic E-state index is -0.302. The maximum atomic E-state index is 13.4. The Kier molecular flexibility index (Phi) is 4.40. The summed E-state index contributed by atoms with van der Waals surface area (Å²) in [5.74, 6) is 0.0311. The fourth-order valence-corrected chi connectivity index (χ4v) is 2.64. The fraction of sp³-hybridized carbons (Fsp3) is 0.538. The number of para-hydroxylation sites is 1. The van der Waals surface area contributed by atoms with Gasteiger partial charge < -0.3 is 9.47 Å². The van der Waals surface area contributed by atoms with E-state index in [-0.39, 0.29) is 11.2 Å². The van der Waals surface area contributed by atoms with E-state index in [4.69, 9.17) is 9.47 Å². The first kappa shape index (κ1) is 12.8. The van der Waals surface area contributed by atoms with E-state index in [0.717, 1.165) is 31.4 Å². The van der Waals surface area contributed by atoms with Crippen LogP contribution in [0, 0.1) is 11.2 Å². The molecule has 4 heteroatoms. The lowest BCUT2D eigenvalue weighted by atomic mass is 9.83. The Morgan fingerprint density at radius 2 is 2.00 bits per heavy atom. The lowest BCUT2D eigenvalue weighted by Crippen LogP contribution is -2.36. The molecule has 0 aromatic heterocycles.